The van der Waals surface area contributed by atoms with Crippen LogP contribution in [0.25, 0.3) is 5.76 Å². The highest BCUT2D eigenvalue weighted by Gasteiger charge is 2.66. The summed E-state index contributed by atoms with van der Waals surface area (Å²) in [4.78, 5) is 2.43. The average molecular weight is 297 g/mol. The van der Waals surface area contributed by atoms with Gasteiger partial charge in [-0.15, -0.1) is 0 Å². The van der Waals surface area contributed by atoms with Crippen LogP contribution in [0.2, 0.25) is 0 Å². The molecule has 0 heterocycles. The number of allylic oxidation sites excluding steroid dienone is 1. The molecular formula is C20H27NO. The highest BCUT2D eigenvalue weighted by molar-refractivity contribution is 5.67. The highest BCUT2D eigenvalue weighted by Crippen LogP contribution is 2.74. The van der Waals surface area contributed by atoms with Crippen LogP contribution in [-0.2, 0) is 4.74 Å². The van der Waals surface area contributed by atoms with E-state index in [0.29, 0.717) is 0 Å². The molecule has 4 aliphatic rings. The van der Waals surface area contributed by atoms with Crippen LogP contribution in [-0.4, -0.2) is 31.1 Å². The first kappa shape index (κ1) is 14.3. The number of hydrogen-bond acceptors (Lipinski definition) is 2. The standard InChI is InChI=1S/C20H27NO/c1-3-21(4-2)10-11-22-20(14-8-6-5-7-9-14)18-15-12-16-17(13-15)19(16)18/h5-9,15-17,19H,3-4,10-13H2,1-2H3/b20-18-. The fourth-order valence-electron chi connectivity index (χ4n) is 4.90. The molecule has 118 valence electrons. The van der Waals surface area contributed by atoms with Gasteiger partial charge >= 0.3 is 0 Å². The topological polar surface area (TPSA) is 12.5 Å². The molecule has 1 aromatic rings. The van der Waals surface area contributed by atoms with Crippen LogP contribution in [0, 0.1) is 23.7 Å². The van der Waals surface area contributed by atoms with E-state index in [0.717, 1.165) is 49.9 Å². The maximum atomic E-state index is 6.38. The Labute approximate surface area is 134 Å². The van der Waals surface area contributed by atoms with Crippen LogP contribution in [0.5, 0.6) is 0 Å². The van der Waals surface area contributed by atoms with Crippen molar-refractivity contribution in [1.29, 1.82) is 0 Å². The van der Waals surface area contributed by atoms with Gasteiger partial charge in [-0.2, -0.15) is 0 Å². The van der Waals surface area contributed by atoms with Crippen LogP contribution in [0.1, 0.15) is 32.3 Å². The molecule has 0 radical (unpaired) electrons. The SMILES string of the molecule is CCN(CC)CCO/C(=C1/C2CC3C(C2)C13)c1ccccc1. The summed E-state index contributed by atoms with van der Waals surface area (Å²) < 4.78 is 6.38. The summed E-state index contributed by atoms with van der Waals surface area (Å²) >= 11 is 0. The number of likely N-dealkylation sites (N-methyl/N-ethyl adjacent to an activating group) is 1. The van der Waals surface area contributed by atoms with E-state index >= 15 is 0 Å². The number of rotatable bonds is 7. The lowest BCUT2D eigenvalue weighted by molar-refractivity contribution is 0.200. The molecule has 4 bridgehead atoms. The smallest absolute Gasteiger partial charge is 0.126 e. The molecule has 4 saturated carbocycles. The molecule has 22 heavy (non-hydrogen) atoms. The van der Waals surface area contributed by atoms with Gasteiger partial charge < -0.3 is 9.64 Å². The summed E-state index contributed by atoms with van der Waals surface area (Å²) in [6, 6.07) is 10.8. The van der Waals surface area contributed by atoms with E-state index < -0.39 is 0 Å². The summed E-state index contributed by atoms with van der Waals surface area (Å²) in [5.41, 5.74) is 2.95. The number of nitrogens with zero attached hydrogens (tertiary/aromatic N) is 1. The molecule has 2 unspecified atom stereocenters. The Morgan fingerprint density at radius 1 is 1.09 bits per heavy atom. The van der Waals surface area contributed by atoms with Crippen LogP contribution >= 0.6 is 0 Å². The van der Waals surface area contributed by atoms with Gasteiger partial charge in [0.1, 0.15) is 12.4 Å². The summed E-state index contributed by atoms with van der Waals surface area (Å²) in [7, 11) is 0. The average Bonchev–Trinajstić information content (AvgIpc) is 2.93. The summed E-state index contributed by atoms with van der Waals surface area (Å²) in [6.45, 7) is 8.49. The Kier molecular flexibility index (Phi) is 3.73. The quantitative estimate of drug-likeness (QED) is 0.704. The maximum Gasteiger partial charge on any atom is 0.126 e. The van der Waals surface area contributed by atoms with Gasteiger partial charge in [-0.25, -0.2) is 0 Å². The molecule has 2 nitrogen and oxygen atoms in total. The van der Waals surface area contributed by atoms with Crippen molar-refractivity contribution in [1.82, 2.24) is 4.90 Å². The van der Waals surface area contributed by atoms with Crippen molar-refractivity contribution in [3.05, 3.63) is 41.5 Å². The van der Waals surface area contributed by atoms with Crippen molar-refractivity contribution in [2.45, 2.75) is 26.7 Å². The van der Waals surface area contributed by atoms with Crippen molar-refractivity contribution in [2.75, 3.05) is 26.2 Å². The first-order chi connectivity index (χ1) is 10.8. The van der Waals surface area contributed by atoms with E-state index in [2.05, 4.69) is 49.1 Å². The monoisotopic (exact) mass is 297 g/mol. The molecule has 4 aliphatic carbocycles. The third-order valence-electron chi connectivity index (χ3n) is 6.09. The molecule has 1 aromatic carbocycles. The van der Waals surface area contributed by atoms with Gasteiger partial charge in [-0.05, 0) is 55.2 Å². The molecule has 0 aliphatic heterocycles. The van der Waals surface area contributed by atoms with Gasteiger partial charge in [0.15, 0.2) is 0 Å². The van der Waals surface area contributed by atoms with Crippen molar-refractivity contribution < 1.29 is 4.74 Å². The molecule has 5 rings (SSSR count). The lowest BCUT2D eigenvalue weighted by Gasteiger charge is -2.21. The molecule has 0 N–H and O–H groups in total. The molecule has 0 amide bonds. The van der Waals surface area contributed by atoms with Crippen LogP contribution in [0.15, 0.2) is 35.9 Å². The zero-order valence-electron chi connectivity index (χ0n) is 13.8. The minimum absolute atomic E-state index is 0.810. The van der Waals surface area contributed by atoms with E-state index in [4.69, 9.17) is 4.74 Å². The van der Waals surface area contributed by atoms with E-state index in [9.17, 15) is 0 Å². The summed E-state index contributed by atoms with van der Waals surface area (Å²) in [6.07, 6.45) is 2.86. The largest absolute Gasteiger partial charge is 0.492 e. The van der Waals surface area contributed by atoms with Gasteiger partial charge in [0, 0.05) is 12.1 Å². The lowest BCUT2D eigenvalue weighted by atomic mass is 10.0. The van der Waals surface area contributed by atoms with Crippen LogP contribution in [0.4, 0.5) is 0 Å². The predicted octanol–water partition coefficient (Wildman–Crippen LogP) is 4.04. The summed E-state index contributed by atoms with van der Waals surface area (Å²) in [5, 5.41) is 0. The Morgan fingerprint density at radius 2 is 1.77 bits per heavy atom. The van der Waals surface area contributed by atoms with Gasteiger partial charge in [-0.1, -0.05) is 44.2 Å². The minimum Gasteiger partial charge on any atom is -0.492 e. The Morgan fingerprint density at radius 3 is 2.32 bits per heavy atom. The third-order valence-corrected chi connectivity index (χ3v) is 6.09. The second-order valence-electron chi connectivity index (χ2n) is 7.05. The molecule has 2 atom stereocenters. The number of benzene rings is 1. The van der Waals surface area contributed by atoms with E-state index in [1.807, 2.05) is 0 Å². The first-order valence-electron chi connectivity index (χ1n) is 8.98. The van der Waals surface area contributed by atoms with Gasteiger partial charge in [0.2, 0.25) is 0 Å². The molecule has 0 saturated heterocycles. The lowest BCUT2D eigenvalue weighted by Crippen LogP contribution is -2.27. The zero-order valence-corrected chi connectivity index (χ0v) is 13.8. The Bertz CT molecular complexity index is 544. The third kappa shape index (κ3) is 2.28. The Hall–Kier alpha value is -1.28. The Balaban J connectivity index is 1.54. The minimum atomic E-state index is 0.810. The number of ether oxygens (including phenoxy) is 1. The van der Waals surface area contributed by atoms with Gasteiger partial charge in [0.25, 0.3) is 0 Å². The normalized spacial score (nSPS) is 33.4. The molecular weight excluding hydrogens is 270 g/mol. The van der Waals surface area contributed by atoms with Crippen molar-refractivity contribution in [3.63, 3.8) is 0 Å². The maximum absolute atomic E-state index is 6.38. The van der Waals surface area contributed by atoms with E-state index in [1.165, 1.54) is 24.2 Å². The first-order valence-corrected chi connectivity index (χ1v) is 8.98. The molecule has 0 aromatic heterocycles. The molecule has 0 spiro atoms. The summed E-state index contributed by atoms with van der Waals surface area (Å²) in [5.74, 6) is 4.93. The molecule has 4 fully saturated rings. The van der Waals surface area contributed by atoms with Crippen LogP contribution < -0.4 is 0 Å². The fraction of sp³-hybridized carbons (Fsp3) is 0.600. The van der Waals surface area contributed by atoms with Crippen molar-refractivity contribution >= 4 is 5.76 Å². The second kappa shape index (κ2) is 5.73. The van der Waals surface area contributed by atoms with Gasteiger partial charge in [0.05, 0.1) is 0 Å². The highest BCUT2D eigenvalue weighted by atomic mass is 16.5. The zero-order chi connectivity index (χ0) is 15.1. The molecule has 2 heteroatoms. The van der Waals surface area contributed by atoms with Gasteiger partial charge in [-0.3, -0.25) is 0 Å². The van der Waals surface area contributed by atoms with Crippen molar-refractivity contribution in [2.24, 2.45) is 23.7 Å². The number of hydrogen-bond donors (Lipinski definition) is 0. The van der Waals surface area contributed by atoms with Crippen LogP contribution in [0.3, 0.4) is 0 Å². The predicted molar refractivity (Wildman–Crippen MR) is 90.3 cm³/mol. The van der Waals surface area contributed by atoms with E-state index in [1.54, 1.807) is 5.57 Å². The fourth-order valence-corrected chi connectivity index (χ4v) is 4.90. The van der Waals surface area contributed by atoms with E-state index in [-0.39, 0.29) is 0 Å². The second-order valence-corrected chi connectivity index (χ2v) is 7.05. The van der Waals surface area contributed by atoms with Crippen molar-refractivity contribution in [3.8, 4) is 0 Å².